The maximum Gasteiger partial charge on any atom is 0.323 e. The van der Waals surface area contributed by atoms with Gasteiger partial charge < -0.3 is 16.2 Å². The van der Waals surface area contributed by atoms with Crippen LogP contribution in [-0.4, -0.2) is 23.1 Å². The van der Waals surface area contributed by atoms with Crippen LogP contribution in [0.25, 0.3) is 21.3 Å². The number of nitrogen functional groups attached to an aromatic ring is 1. The van der Waals surface area contributed by atoms with Crippen molar-refractivity contribution in [3.63, 3.8) is 0 Å². The van der Waals surface area contributed by atoms with Crippen LogP contribution < -0.4 is 21.1 Å². The molecule has 0 fully saturated rings. The number of nitrogens with zero attached hydrogens (tertiary/aromatic N) is 3. The molecule has 0 unspecified atom stereocenters. The molecule has 4 N–H and O–H groups in total. The minimum Gasteiger partial charge on any atom is -0.496 e. The Morgan fingerprint density at radius 1 is 1.10 bits per heavy atom. The van der Waals surface area contributed by atoms with Gasteiger partial charge >= 0.3 is 6.03 Å². The first-order valence-electron chi connectivity index (χ1n) is 8.82. The van der Waals surface area contributed by atoms with Crippen molar-refractivity contribution in [1.29, 1.82) is 0 Å². The number of anilines is 3. The van der Waals surface area contributed by atoms with Crippen LogP contribution in [0.15, 0.2) is 54.2 Å². The molecule has 0 saturated heterocycles. The molecule has 7 nitrogen and oxygen atoms in total. The zero-order chi connectivity index (χ0) is 20.5. The molecule has 0 saturated carbocycles. The van der Waals surface area contributed by atoms with Gasteiger partial charge in [-0.2, -0.15) is 0 Å². The molecule has 2 aromatic heterocycles. The normalized spacial score (nSPS) is 10.8. The molecule has 0 aliphatic heterocycles. The lowest BCUT2D eigenvalue weighted by atomic mass is 10.0. The van der Waals surface area contributed by atoms with Gasteiger partial charge in [-0.1, -0.05) is 12.1 Å². The molecule has 146 valence electrons. The quantitative estimate of drug-likeness (QED) is 0.521. The Bertz CT molecular complexity index is 1220. The molecule has 4 rings (SSSR count). The standard InChI is InChI=1S/C21H19N5O2S/c1-12-4-3-5-13(8-12)26(21(23)27)14-6-7-15(17(9-14)28-2)16-10-29-20-18(16)19(22)24-11-25-20/h3-11H,1-2H3,(H2,23,27)(H2,22,24,25). The van der Waals surface area contributed by atoms with E-state index in [1.807, 2.05) is 48.7 Å². The maximum absolute atomic E-state index is 12.2. The fraction of sp³-hybridized carbons (Fsp3) is 0.0952. The highest BCUT2D eigenvalue weighted by molar-refractivity contribution is 7.17. The summed E-state index contributed by atoms with van der Waals surface area (Å²) in [5.74, 6) is 1.00. The van der Waals surface area contributed by atoms with Gasteiger partial charge in [0.15, 0.2) is 0 Å². The van der Waals surface area contributed by atoms with Gasteiger partial charge in [-0.15, -0.1) is 11.3 Å². The van der Waals surface area contributed by atoms with E-state index in [9.17, 15) is 4.79 Å². The van der Waals surface area contributed by atoms with E-state index in [2.05, 4.69) is 9.97 Å². The van der Waals surface area contributed by atoms with Crippen LogP contribution in [0.3, 0.4) is 0 Å². The highest BCUT2D eigenvalue weighted by Crippen LogP contribution is 2.42. The second-order valence-corrected chi connectivity index (χ2v) is 7.34. The van der Waals surface area contributed by atoms with Crippen molar-refractivity contribution in [1.82, 2.24) is 9.97 Å². The van der Waals surface area contributed by atoms with E-state index in [4.69, 9.17) is 16.2 Å². The van der Waals surface area contributed by atoms with Crippen LogP contribution in [0.2, 0.25) is 0 Å². The van der Waals surface area contributed by atoms with Crippen LogP contribution in [0.1, 0.15) is 5.56 Å². The Morgan fingerprint density at radius 3 is 2.62 bits per heavy atom. The summed E-state index contributed by atoms with van der Waals surface area (Å²) >= 11 is 1.48. The van der Waals surface area contributed by atoms with Crippen molar-refractivity contribution in [3.05, 3.63) is 59.7 Å². The lowest BCUT2D eigenvalue weighted by molar-refractivity contribution is 0.256. The summed E-state index contributed by atoms with van der Waals surface area (Å²) in [7, 11) is 1.58. The number of nitrogens with two attached hydrogens (primary N) is 2. The van der Waals surface area contributed by atoms with Gasteiger partial charge in [0.05, 0.1) is 23.9 Å². The first-order chi connectivity index (χ1) is 14.0. The van der Waals surface area contributed by atoms with Crippen LogP contribution in [0.4, 0.5) is 22.0 Å². The Hall–Kier alpha value is -3.65. The minimum atomic E-state index is -0.580. The van der Waals surface area contributed by atoms with E-state index in [-0.39, 0.29) is 0 Å². The van der Waals surface area contributed by atoms with Crippen LogP contribution in [-0.2, 0) is 0 Å². The molecule has 2 amide bonds. The largest absolute Gasteiger partial charge is 0.496 e. The third kappa shape index (κ3) is 3.34. The molecule has 0 aliphatic rings. The Morgan fingerprint density at radius 2 is 1.90 bits per heavy atom. The molecule has 2 heterocycles. The second-order valence-electron chi connectivity index (χ2n) is 6.49. The van der Waals surface area contributed by atoms with Gasteiger partial charge in [0, 0.05) is 22.6 Å². The number of aromatic nitrogens is 2. The molecular formula is C21H19N5O2S. The minimum absolute atomic E-state index is 0.413. The van der Waals surface area contributed by atoms with Gasteiger partial charge in [-0.3, -0.25) is 4.90 Å². The first-order valence-corrected chi connectivity index (χ1v) is 9.70. The lowest BCUT2D eigenvalue weighted by Gasteiger charge is -2.22. The summed E-state index contributed by atoms with van der Waals surface area (Å²) in [4.78, 5) is 22.8. The number of aryl methyl sites for hydroxylation is 1. The number of thiophene rings is 1. The number of benzene rings is 2. The van der Waals surface area contributed by atoms with Gasteiger partial charge in [0.2, 0.25) is 0 Å². The molecule has 0 spiro atoms. The third-order valence-electron chi connectivity index (χ3n) is 4.61. The average Bonchev–Trinajstić information content (AvgIpc) is 3.13. The molecule has 4 aromatic rings. The van der Waals surface area contributed by atoms with E-state index < -0.39 is 6.03 Å². The summed E-state index contributed by atoms with van der Waals surface area (Å²) in [6, 6.07) is 12.5. The van der Waals surface area contributed by atoms with E-state index >= 15 is 0 Å². The number of carbonyl (C=O) groups excluding carboxylic acids is 1. The fourth-order valence-corrected chi connectivity index (χ4v) is 4.22. The van der Waals surface area contributed by atoms with Gasteiger partial charge in [-0.05, 0) is 36.8 Å². The van der Waals surface area contributed by atoms with Crippen molar-refractivity contribution in [2.75, 3.05) is 17.7 Å². The zero-order valence-corrected chi connectivity index (χ0v) is 16.7. The Balaban J connectivity index is 1.85. The van der Waals surface area contributed by atoms with E-state index in [1.165, 1.54) is 22.6 Å². The van der Waals surface area contributed by atoms with E-state index in [0.29, 0.717) is 22.9 Å². The van der Waals surface area contributed by atoms with Crippen LogP contribution >= 0.6 is 11.3 Å². The molecular weight excluding hydrogens is 386 g/mol. The van der Waals surface area contributed by atoms with Crippen molar-refractivity contribution in [2.45, 2.75) is 6.92 Å². The predicted octanol–water partition coefficient (Wildman–Crippen LogP) is 4.47. The van der Waals surface area contributed by atoms with E-state index in [0.717, 1.165) is 26.9 Å². The third-order valence-corrected chi connectivity index (χ3v) is 5.50. The average molecular weight is 405 g/mol. The summed E-state index contributed by atoms with van der Waals surface area (Å²) < 4.78 is 5.63. The number of amides is 2. The Kier molecular flexibility index (Phi) is 4.77. The van der Waals surface area contributed by atoms with E-state index in [1.54, 1.807) is 13.2 Å². The first kappa shape index (κ1) is 18.7. The summed E-state index contributed by atoms with van der Waals surface area (Å²) in [6.45, 7) is 1.96. The van der Waals surface area contributed by atoms with Gasteiger partial charge in [0.25, 0.3) is 0 Å². The number of urea groups is 1. The molecule has 0 bridgehead atoms. The summed E-state index contributed by atoms with van der Waals surface area (Å²) in [5.41, 5.74) is 15.8. The zero-order valence-electron chi connectivity index (χ0n) is 15.9. The smallest absolute Gasteiger partial charge is 0.323 e. The number of methoxy groups -OCH3 is 1. The monoisotopic (exact) mass is 405 g/mol. The maximum atomic E-state index is 12.2. The fourth-order valence-electron chi connectivity index (χ4n) is 3.31. The summed E-state index contributed by atoms with van der Waals surface area (Å²) in [5, 5.41) is 2.76. The molecule has 0 radical (unpaired) electrons. The van der Waals surface area contributed by atoms with Crippen molar-refractivity contribution >= 4 is 44.8 Å². The molecule has 8 heteroatoms. The Labute approximate surface area is 171 Å². The van der Waals surface area contributed by atoms with Crippen LogP contribution in [0.5, 0.6) is 5.75 Å². The number of rotatable bonds is 4. The number of carbonyl (C=O) groups is 1. The van der Waals surface area contributed by atoms with Crippen LogP contribution in [0, 0.1) is 6.92 Å². The number of fused-ring (bicyclic) bond motifs is 1. The second kappa shape index (κ2) is 7.40. The molecule has 2 aromatic carbocycles. The lowest BCUT2D eigenvalue weighted by Crippen LogP contribution is -2.31. The molecule has 0 atom stereocenters. The van der Waals surface area contributed by atoms with Crippen molar-refractivity contribution < 1.29 is 9.53 Å². The molecule has 0 aliphatic carbocycles. The predicted molar refractivity (Wildman–Crippen MR) is 117 cm³/mol. The summed E-state index contributed by atoms with van der Waals surface area (Å²) in [6.07, 6.45) is 1.45. The van der Waals surface area contributed by atoms with Gasteiger partial charge in [0.1, 0.15) is 22.7 Å². The topological polar surface area (TPSA) is 107 Å². The SMILES string of the molecule is COc1cc(N(C(N)=O)c2cccc(C)c2)ccc1-c1csc2ncnc(N)c12. The van der Waals surface area contributed by atoms with Crippen molar-refractivity contribution in [3.8, 4) is 16.9 Å². The number of hydrogen-bond acceptors (Lipinski definition) is 6. The number of hydrogen-bond donors (Lipinski definition) is 2. The van der Waals surface area contributed by atoms with Crippen molar-refractivity contribution in [2.24, 2.45) is 5.73 Å². The number of primary amides is 1. The number of ether oxygens (including phenoxy) is 1. The highest BCUT2D eigenvalue weighted by atomic mass is 32.1. The molecule has 29 heavy (non-hydrogen) atoms. The van der Waals surface area contributed by atoms with Gasteiger partial charge in [-0.25, -0.2) is 14.8 Å². The highest BCUT2D eigenvalue weighted by Gasteiger charge is 2.20.